The summed E-state index contributed by atoms with van der Waals surface area (Å²) in [6.45, 7) is 1.48. The van der Waals surface area contributed by atoms with Crippen molar-refractivity contribution < 1.29 is 83.2 Å². The second kappa shape index (κ2) is 21.9. The van der Waals surface area contributed by atoms with Gasteiger partial charge in [0.15, 0.2) is 11.9 Å². The first-order chi connectivity index (χ1) is 34.4. The van der Waals surface area contributed by atoms with E-state index in [1.54, 1.807) is 25.1 Å². The molecule has 5 heterocycles. The van der Waals surface area contributed by atoms with Crippen LogP contribution < -0.4 is 10.3 Å². The number of aromatic nitrogens is 2. The van der Waals surface area contributed by atoms with E-state index < -0.39 is 89.1 Å². The molecule has 6 unspecified atom stereocenters. The van der Waals surface area contributed by atoms with Crippen LogP contribution in [0.2, 0.25) is 0 Å². The molecule has 384 valence electrons. The standard InChI is InChI=1S/C48H53N5O19/c1-5-8-35(25-9-12-36(33(19-25)53(65)66)68-24-37-39(56)40(57)41(58)42(70-37)44(60)61)71-46(63)50(4)13-14-51(15-17-67-18-16-54)47(64)72-48(7-3)31-21-34-38-29(22-52(34)43(59)30(31)23-69-45(48)62)27(6-2)28-20-26(55)10-11-32(28)49-38/h1,9-12,19-21,35,37,39-42,54-58H,6-8,13-18,22-24H2,2-4H3,(H,60,61)/t35?,37?,39?,40?,41?,42?,48-/m0/s1. The summed E-state index contributed by atoms with van der Waals surface area (Å²) in [5, 5.41) is 72.3. The Morgan fingerprint density at radius 3 is 2.47 bits per heavy atom. The quantitative estimate of drug-likeness (QED) is 0.0172. The number of nitro benzene ring substituents is 1. The second-order valence-corrected chi connectivity index (χ2v) is 17.1. The molecule has 2 amide bonds. The Kier molecular flexibility index (Phi) is 16.0. The number of carbonyl (C=O) groups excluding carboxylic acids is 3. The van der Waals surface area contributed by atoms with Gasteiger partial charge in [-0.15, -0.1) is 12.3 Å². The van der Waals surface area contributed by atoms with Crippen LogP contribution in [0, 0.1) is 22.5 Å². The number of carboxylic acids is 1. The number of nitrogens with zero attached hydrogens (tertiary/aromatic N) is 5. The van der Waals surface area contributed by atoms with Gasteiger partial charge in [-0.25, -0.2) is 24.2 Å². The maximum Gasteiger partial charge on any atom is 0.411 e. The van der Waals surface area contributed by atoms with Gasteiger partial charge in [-0.3, -0.25) is 14.9 Å². The lowest BCUT2D eigenvalue weighted by Gasteiger charge is -2.38. The molecule has 7 rings (SSSR count). The molecule has 0 radical (unpaired) electrons. The van der Waals surface area contributed by atoms with Crippen molar-refractivity contribution in [3.63, 3.8) is 0 Å². The third-order valence-electron chi connectivity index (χ3n) is 12.8. The Labute approximate surface area is 410 Å². The number of hydrogen-bond donors (Lipinski definition) is 6. The minimum atomic E-state index is -2.11. The number of nitro groups is 1. The van der Waals surface area contributed by atoms with Gasteiger partial charge in [0, 0.05) is 54.8 Å². The van der Waals surface area contributed by atoms with Gasteiger partial charge in [0.05, 0.1) is 60.2 Å². The molecule has 72 heavy (non-hydrogen) atoms. The first-order valence-corrected chi connectivity index (χ1v) is 22.8. The largest absolute Gasteiger partial charge is 0.508 e. The zero-order chi connectivity index (χ0) is 52.2. The van der Waals surface area contributed by atoms with Gasteiger partial charge in [-0.1, -0.05) is 19.9 Å². The van der Waals surface area contributed by atoms with Gasteiger partial charge >= 0.3 is 29.8 Å². The molecule has 2 aromatic heterocycles. The maximum atomic E-state index is 14.3. The summed E-state index contributed by atoms with van der Waals surface area (Å²) in [7, 11) is 1.34. The minimum absolute atomic E-state index is 0.0588. The fourth-order valence-electron chi connectivity index (χ4n) is 8.93. The van der Waals surface area contributed by atoms with Crippen molar-refractivity contribution in [2.45, 2.75) is 88.5 Å². The Morgan fingerprint density at radius 1 is 1.03 bits per heavy atom. The summed E-state index contributed by atoms with van der Waals surface area (Å²) in [4.78, 5) is 86.1. The Morgan fingerprint density at radius 2 is 1.79 bits per heavy atom. The number of carboxylic acid groups (broad SMARTS) is 1. The van der Waals surface area contributed by atoms with Crippen LogP contribution in [-0.4, -0.2) is 163 Å². The number of aliphatic carboxylic acids is 1. The summed E-state index contributed by atoms with van der Waals surface area (Å²) in [6, 6.07) is 9.90. The fraction of sp³-hybridized carbons (Fsp3) is 0.458. The monoisotopic (exact) mass is 1000 g/mol. The lowest BCUT2D eigenvalue weighted by atomic mass is 9.85. The number of aromatic hydroxyl groups is 1. The zero-order valence-corrected chi connectivity index (χ0v) is 39.3. The van der Waals surface area contributed by atoms with Crippen molar-refractivity contribution in [3.8, 4) is 35.2 Å². The van der Waals surface area contributed by atoms with Gasteiger partial charge < -0.3 is 73.4 Å². The molecule has 1 fully saturated rings. The van der Waals surface area contributed by atoms with Crippen LogP contribution in [-0.2, 0) is 58.4 Å². The van der Waals surface area contributed by atoms with E-state index in [0.717, 1.165) is 38.4 Å². The van der Waals surface area contributed by atoms with Gasteiger partial charge in [0.25, 0.3) is 5.56 Å². The fourth-order valence-corrected chi connectivity index (χ4v) is 8.93. The highest BCUT2D eigenvalue weighted by Gasteiger charge is 2.51. The van der Waals surface area contributed by atoms with Crippen molar-refractivity contribution in [1.29, 1.82) is 0 Å². The lowest BCUT2D eigenvalue weighted by Crippen LogP contribution is -2.61. The number of terminal acetylenes is 1. The molecule has 7 atom stereocenters. The van der Waals surface area contributed by atoms with Crippen LogP contribution in [0.1, 0.15) is 60.6 Å². The highest BCUT2D eigenvalue weighted by Crippen LogP contribution is 2.43. The van der Waals surface area contributed by atoms with E-state index in [1.165, 1.54) is 23.7 Å². The maximum absolute atomic E-state index is 14.3. The van der Waals surface area contributed by atoms with Gasteiger partial charge in [0.1, 0.15) is 49.5 Å². The molecule has 0 spiro atoms. The number of phenolic OH excluding ortho intramolecular Hbond substituents is 1. The molecule has 3 aliphatic rings. The summed E-state index contributed by atoms with van der Waals surface area (Å²) >= 11 is 0. The number of amides is 2. The van der Waals surface area contributed by atoms with Crippen molar-refractivity contribution in [1.82, 2.24) is 19.4 Å². The predicted octanol–water partition coefficient (Wildman–Crippen LogP) is 1.86. The molecule has 0 saturated carbocycles. The third kappa shape index (κ3) is 10.2. The number of aliphatic hydroxyl groups is 4. The number of aliphatic hydroxyl groups excluding tert-OH is 4. The lowest BCUT2D eigenvalue weighted by molar-refractivity contribution is -0.386. The van der Waals surface area contributed by atoms with Crippen molar-refractivity contribution in [2.75, 3.05) is 53.1 Å². The van der Waals surface area contributed by atoms with E-state index >= 15 is 0 Å². The topological polar surface area (TPSA) is 330 Å². The second-order valence-electron chi connectivity index (χ2n) is 17.1. The predicted molar refractivity (Wildman–Crippen MR) is 248 cm³/mol. The van der Waals surface area contributed by atoms with E-state index in [9.17, 15) is 64.7 Å². The number of aryl methyl sites for hydroxylation is 1. The minimum Gasteiger partial charge on any atom is -0.508 e. The van der Waals surface area contributed by atoms with Crippen molar-refractivity contribution in [2.24, 2.45) is 0 Å². The number of phenols is 1. The first kappa shape index (κ1) is 52.4. The SMILES string of the molecule is C#CCC(OC(=O)N(C)CCN(CCOCCO)C(=O)O[C@]1(CC)C(=O)OCc2c1cc1n(c2=O)Cc2c-1nc1ccc(O)cc1c2CC)c1ccc(OCC2OC(C(=O)O)C(O)C(O)C2O)c([N+](=O)[O-])c1. The van der Waals surface area contributed by atoms with Gasteiger partial charge in [-0.2, -0.15) is 0 Å². The highest BCUT2D eigenvalue weighted by atomic mass is 16.6. The molecular formula is C48H53N5O19. The molecule has 3 aliphatic heterocycles. The Bertz CT molecular complexity index is 2870. The summed E-state index contributed by atoms with van der Waals surface area (Å²) in [5.74, 6) is -0.514. The molecular weight excluding hydrogens is 951 g/mol. The first-order valence-electron chi connectivity index (χ1n) is 22.8. The number of benzene rings is 2. The molecule has 1 saturated heterocycles. The van der Waals surface area contributed by atoms with Crippen LogP contribution in [0.25, 0.3) is 22.3 Å². The van der Waals surface area contributed by atoms with E-state index in [2.05, 4.69) is 5.92 Å². The number of fused-ring (bicyclic) bond motifs is 5. The summed E-state index contributed by atoms with van der Waals surface area (Å²) in [5.41, 5.74) is 0.161. The third-order valence-corrected chi connectivity index (χ3v) is 12.8. The van der Waals surface area contributed by atoms with Crippen LogP contribution in [0.15, 0.2) is 47.3 Å². The molecule has 0 bridgehead atoms. The average Bonchev–Trinajstić information content (AvgIpc) is 3.73. The number of pyridine rings is 2. The Balaban J connectivity index is 1.08. The molecule has 24 heteroatoms. The van der Waals surface area contributed by atoms with Gasteiger partial charge in [-0.05, 0) is 48.7 Å². The van der Waals surface area contributed by atoms with Crippen LogP contribution in [0.4, 0.5) is 15.3 Å². The number of rotatable bonds is 19. The number of cyclic esters (lactones) is 1. The van der Waals surface area contributed by atoms with E-state index in [0.29, 0.717) is 23.3 Å². The van der Waals surface area contributed by atoms with Crippen molar-refractivity contribution >= 4 is 40.7 Å². The van der Waals surface area contributed by atoms with Crippen LogP contribution in [0.5, 0.6) is 11.5 Å². The number of esters is 1. The van der Waals surface area contributed by atoms with Crippen LogP contribution in [0.3, 0.4) is 0 Å². The van der Waals surface area contributed by atoms with E-state index in [-0.39, 0.29) is 93.6 Å². The normalized spacial score (nSPS) is 21.3. The average molecular weight is 1000 g/mol. The molecule has 2 aromatic carbocycles. The number of ether oxygens (including phenoxy) is 6. The van der Waals surface area contributed by atoms with E-state index in [4.69, 9.17) is 39.8 Å². The van der Waals surface area contributed by atoms with E-state index in [1.807, 2.05) is 6.92 Å². The highest BCUT2D eigenvalue weighted by molar-refractivity contribution is 5.90. The number of likely N-dealkylation sites (N-methyl/N-ethyl adjacent to an activating group) is 1. The summed E-state index contributed by atoms with van der Waals surface area (Å²) in [6.07, 6.45) is -6.71. The Hall–Kier alpha value is -7.40. The zero-order valence-electron chi connectivity index (χ0n) is 39.3. The molecule has 0 aliphatic carbocycles. The van der Waals surface area contributed by atoms with Gasteiger partial charge in [0.2, 0.25) is 5.60 Å². The number of carbonyl (C=O) groups is 4. The molecule has 6 N–H and O–H groups in total. The number of hydrogen-bond acceptors (Lipinski definition) is 19. The molecule has 4 aromatic rings. The van der Waals surface area contributed by atoms with Crippen LogP contribution >= 0.6 is 0 Å². The van der Waals surface area contributed by atoms with Crippen molar-refractivity contribution in [3.05, 3.63) is 90.7 Å². The molecule has 24 nitrogen and oxygen atoms in total. The smallest absolute Gasteiger partial charge is 0.411 e. The summed E-state index contributed by atoms with van der Waals surface area (Å²) < 4.78 is 35.0.